The second-order valence-electron chi connectivity index (χ2n) is 8.52. The summed E-state index contributed by atoms with van der Waals surface area (Å²) in [5.41, 5.74) is 1.79. The fourth-order valence-electron chi connectivity index (χ4n) is 3.67. The van der Waals surface area contributed by atoms with Crippen molar-refractivity contribution < 1.29 is 19.1 Å². The summed E-state index contributed by atoms with van der Waals surface area (Å²) in [6, 6.07) is 10.4. The van der Waals surface area contributed by atoms with Gasteiger partial charge >= 0.3 is 0 Å². The lowest BCUT2D eigenvalue weighted by Gasteiger charge is -2.31. The smallest absolute Gasteiger partial charge is 0.242 e. The standard InChI is InChI=1S/C25H30Cl2N2O4/c1-4-21(25(31)28-13-16(2)3)29(14-18-5-8-19(26)20(27)11-18)24(30)10-7-17-6-9-22-23(12-17)33-15-32-22/h5-6,8-9,11-12,16,21H,4,7,10,13-15H2,1-3H3,(H,28,31)/t21-/m0/s1. The van der Waals surface area contributed by atoms with Gasteiger partial charge in [0.15, 0.2) is 11.5 Å². The van der Waals surface area contributed by atoms with Crippen LogP contribution >= 0.6 is 23.2 Å². The van der Waals surface area contributed by atoms with Crippen molar-refractivity contribution in [3.8, 4) is 11.5 Å². The number of benzene rings is 2. The summed E-state index contributed by atoms with van der Waals surface area (Å²) in [5, 5.41) is 3.83. The molecule has 8 heteroatoms. The third kappa shape index (κ3) is 6.78. The predicted molar refractivity (Wildman–Crippen MR) is 130 cm³/mol. The molecule has 1 N–H and O–H groups in total. The molecule has 0 aromatic heterocycles. The van der Waals surface area contributed by atoms with Crippen LogP contribution in [0.15, 0.2) is 36.4 Å². The van der Waals surface area contributed by atoms with Crippen molar-refractivity contribution >= 4 is 35.0 Å². The summed E-state index contributed by atoms with van der Waals surface area (Å²) < 4.78 is 10.8. The molecule has 0 saturated heterocycles. The summed E-state index contributed by atoms with van der Waals surface area (Å²) in [6.07, 6.45) is 1.29. The number of carbonyl (C=O) groups excluding carboxylic acids is 2. The van der Waals surface area contributed by atoms with Gasteiger partial charge in [-0.15, -0.1) is 0 Å². The number of nitrogens with zero attached hydrogens (tertiary/aromatic N) is 1. The summed E-state index contributed by atoms with van der Waals surface area (Å²) in [5.74, 6) is 1.45. The van der Waals surface area contributed by atoms with Crippen LogP contribution in [0, 0.1) is 5.92 Å². The van der Waals surface area contributed by atoms with E-state index < -0.39 is 6.04 Å². The van der Waals surface area contributed by atoms with Crippen LogP contribution in [0.2, 0.25) is 10.0 Å². The molecule has 2 aromatic carbocycles. The first kappa shape index (κ1) is 25.2. The third-order valence-corrected chi connectivity index (χ3v) is 6.21. The van der Waals surface area contributed by atoms with Crippen molar-refractivity contribution in [2.45, 2.75) is 52.6 Å². The Bertz CT molecular complexity index is 996. The van der Waals surface area contributed by atoms with Crippen molar-refractivity contribution in [3.63, 3.8) is 0 Å². The van der Waals surface area contributed by atoms with E-state index in [1.54, 1.807) is 17.0 Å². The average Bonchev–Trinajstić information content (AvgIpc) is 3.26. The van der Waals surface area contributed by atoms with Gasteiger partial charge in [0.1, 0.15) is 6.04 Å². The maximum atomic E-state index is 13.4. The number of ether oxygens (including phenoxy) is 2. The molecule has 1 heterocycles. The van der Waals surface area contributed by atoms with Gasteiger partial charge in [-0.1, -0.05) is 56.1 Å². The lowest BCUT2D eigenvalue weighted by Crippen LogP contribution is -2.49. The van der Waals surface area contributed by atoms with Crippen molar-refractivity contribution in [3.05, 3.63) is 57.6 Å². The third-order valence-electron chi connectivity index (χ3n) is 5.47. The summed E-state index contributed by atoms with van der Waals surface area (Å²) >= 11 is 12.2. The number of carbonyl (C=O) groups is 2. The van der Waals surface area contributed by atoms with Crippen molar-refractivity contribution in [1.29, 1.82) is 0 Å². The van der Waals surface area contributed by atoms with Crippen LogP contribution < -0.4 is 14.8 Å². The molecule has 0 bridgehead atoms. The predicted octanol–water partition coefficient (Wildman–Crippen LogP) is 5.23. The number of amides is 2. The maximum absolute atomic E-state index is 13.4. The van der Waals surface area contributed by atoms with Gasteiger partial charge < -0.3 is 19.7 Å². The van der Waals surface area contributed by atoms with E-state index in [1.807, 2.05) is 45.0 Å². The normalized spacial score (nSPS) is 13.2. The van der Waals surface area contributed by atoms with Crippen molar-refractivity contribution in [2.24, 2.45) is 5.92 Å². The average molecular weight is 493 g/mol. The number of hydrogen-bond donors (Lipinski definition) is 1. The quantitative estimate of drug-likeness (QED) is 0.492. The van der Waals surface area contributed by atoms with Crippen LogP contribution in [0.4, 0.5) is 0 Å². The largest absolute Gasteiger partial charge is 0.454 e. The lowest BCUT2D eigenvalue weighted by atomic mass is 10.1. The van der Waals surface area contributed by atoms with Crippen LogP contribution in [0.3, 0.4) is 0 Å². The highest BCUT2D eigenvalue weighted by Crippen LogP contribution is 2.33. The highest BCUT2D eigenvalue weighted by atomic mass is 35.5. The summed E-state index contributed by atoms with van der Waals surface area (Å²) in [4.78, 5) is 28.0. The lowest BCUT2D eigenvalue weighted by molar-refractivity contribution is -0.141. The monoisotopic (exact) mass is 492 g/mol. The van der Waals surface area contributed by atoms with E-state index >= 15 is 0 Å². The molecule has 2 aromatic rings. The molecule has 0 unspecified atom stereocenters. The van der Waals surface area contributed by atoms with Crippen molar-refractivity contribution in [1.82, 2.24) is 10.2 Å². The Morgan fingerprint density at radius 2 is 1.76 bits per heavy atom. The van der Waals surface area contributed by atoms with Gasteiger partial charge in [-0.2, -0.15) is 0 Å². The van der Waals surface area contributed by atoms with E-state index in [0.717, 1.165) is 11.1 Å². The Kier molecular flexibility index (Phi) is 8.87. The molecule has 1 aliphatic heterocycles. The van der Waals surface area contributed by atoms with Crippen LogP contribution in [-0.4, -0.2) is 36.1 Å². The molecule has 0 spiro atoms. The van der Waals surface area contributed by atoms with Gasteiger partial charge in [0.25, 0.3) is 0 Å². The second-order valence-corrected chi connectivity index (χ2v) is 9.34. The molecule has 0 aliphatic carbocycles. The zero-order valence-electron chi connectivity index (χ0n) is 19.2. The van der Waals surface area contributed by atoms with E-state index in [9.17, 15) is 9.59 Å². The van der Waals surface area contributed by atoms with Crippen LogP contribution in [0.5, 0.6) is 11.5 Å². The Morgan fingerprint density at radius 1 is 1.03 bits per heavy atom. The molecule has 1 aliphatic rings. The first-order valence-corrected chi connectivity index (χ1v) is 11.9. The Morgan fingerprint density at radius 3 is 2.45 bits per heavy atom. The topological polar surface area (TPSA) is 67.9 Å². The van der Waals surface area contributed by atoms with Crippen LogP contribution in [0.1, 0.15) is 44.7 Å². The minimum absolute atomic E-state index is 0.106. The molecular formula is C25H30Cl2N2O4. The highest BCUT2D eigenvalue weighted by molar-refractivity contribution is 6.42. The van der Waals surface area contributed by atoms with Gasteiger partial charge in [0.05, 0.1) is 10.0 Å². The number of halogens is 2. The number of fused-ring (bicyclic) bond motifs is 1. The summed E-state index contributed by atoms with van der Waals surface area (Å²) in [6.45, 7) is 7.01. The molecule has 0 saturated carbocycles. The van der Waals surface area contributed by atoms with E-state index in [0.29, 0.717) is 46.8 Å². The minimum atomic E-state index is -0.581. The number of aryl methyl sites for hydroxylation is 1. The van der Waals surface area contributed by atoms with E-state index in [1.165, 1.54) is 0 Å². The van der Waals surface area contributed by atoms with Gasteiger partial charge in [0.2, 0.25) is 18.6 Å². The fourth-order valence-corrected chi connectivity index (χ4v) is 3.99. The van der Waals surface area contributed by atoms with Gasteiger partial charge in [-0.3, -0.25) is 9.59 Å². The van der Waals surface area contributed by atoms with Crippen LogP contribution in [0.25, 0.3) is 0 Å². The molecule has 3 rings (SSSR count). The first-order valence-electron chi connectivity index (χ1n) is 11.2. The van der Waals surface area contributed by atoms with Gasteiger partial charge in [-0.25, -0.2) is 0 Å². The Hall–Kier alpha value is -2.44. The molecule has 178 valence electrons. The van der Waals surface area contributed by atoms with E-state index in [4.69, 9.17) is 32.7 Å². The molecule has 2 amide bonds. The van der Waals surface area contributed by atoms with E-state index in [-0.39, 0.29) is 31.6 Å². The molecule has 33 heavy (non-hydrogen) atoms. The maximum Gasteiger partial charge on any atom is 0.242 e. The molecular weight excluding hydrogens is 463 g/mol. The van der Waals surface area contributed by atoms with Crippen molar-refractivity contribution in [2.75, 3.05) is 13.3 Å². The molecule has 6 nitrogen and oxygen atoms in total. The van der Waals surface area contributed by atoms with Gasteiger partial charge in [-0.05, 0) is 54.2 Å². The zero-order valence-corrected chi connectivity index (χ0v) is 20.7. The van der Waals surface area contributed by atoms with E-state index in [2.05, 4.69) is 5.32 Å². The SMILES string of the molecule is CC[C@@H](C(=O)NCC(C)C)N(Cc1ccc(Cl)c(Cl)c1)C(=O)CCc1ccc2c(c1)OCO2. The minimum Gasteiger partial charge on any atom is -0.454 e. The van der Waals surface area contributed by atoms with Crippen LogP contribution in [-0.2, 0) is 22.6 Å². The number of rotatable bonds is 10. The molecule has 0 radical (unpaired) electrons. The zero-order chi connectivity index (χ0) is 24.0. The fraction of sp³-hybridized carbons (Fsp3) is 0.440. The summed E-state index contributed by atoms with van der Waals surface area (Å²) in [7, 11) is 0. The second kappa shape index (κ2) is 11.6. The Balaban J connectivity index is 1.77. The molecule has 0 fully saturated rings. The number of nitrogens with one attached hydrogen (secondary N) is 1. The highest BCUT2D eigenvalue weighted by Gasteiger charge is 2.28. The first-order chi connectivity index (χ1) is 15.8. The Labute approximate surface area is 205 Å². The number of hydrogen-bond acceptors (Lipinski definition) is 4. The van der Waals surface area contributed by atoms with Gasteiger partial charge in [0, 0.05) is 19.5 Å². The molecule has 1 atom stereocenters.